The van der Waals surface area contributed by atoms with Crippen molar-refractivity contribution in [2.24, 2.45) is 0 Å². The van der Waals surface area contributed by atoms with Gasteiger partial charge in [0.2, 0.25) is 0 Å². The van der Waals surface area contributed by atoms with Gasteiger partial charge >= 0.3 is 0 Å². The van der Waals surface area contributed by atoms with Gasteiger partial charge in [-0.15, -0.1) is 0 Å². The van der Waals surface area contributed by atoms with E-state index < -0.39 is 0 Å². The molecule has 0 saturated heterocycles. The molecule has 0 aliphatic heterocycles. The van der Waals surface area contributed by atoms with Crippen molar-refractivity contribution in [2.45, 2.75) is 25.3 Å². The zero-order valence-electron chi connectivity index (χ0n) is 8.97. The lowest BCUT2D eigenvalue weighted by atomic mass is 10.4. The maximum absolute atomic E-state index is 3.48. The molecular formula is C10H23N3. The quantitative estimate of drug-likeness (QED) is 0.532. The zero-order valence-corrected chi connectivity index (χ0v) is 8.97. The summed E-state index contributed by atoms with van der Waals surface area (Å²) in [5.74, 6) is 0. The van der Waals surface area contributed by atoms with E-state index in [1.807, 2.05) is 0 Å². The summed E-state index contributed by atoms with van der Waals surface area (Å²) in [6, 6.07) is 0.851. The van der Waals surface area contributed by atoms with Gasteiger partial charge in [-0.05, 0) is 46.4 Å². The van der Waals surface area contributed by atoms with Crippen LogP contribution in [0, 0.1) is 0 Å². The van der Waals surface area contributed by atoms with Crippen LogP contribution in [0.3, 0.4) is 0 Å². The number of nitrogens with one attached hydrogen (secondary N) is 2. The first-order chi connectivity index (χ1) is 6.29. The molecule has 13 heavy (non-hydrogen) atoms. The smallest absolute Gasteiger partial charge is 0.00793 e. The van der Waals surface area contributed by atoms with E-state index in [1.54, 1.807) is 0 Å². The molecular weight excluding hydrogens is 162 g/mol. The van der Waals surface area contributed by atoms with Crippen molar-refractivity contribution in [1.29, 1.82) is 0 Å². The molecule has 1 saturated carbocycles. The van der Waals surface area contributed by atoms with Crippen LogP contribution in [0.5, 0.6) is 0 Å². The maximum atomic E-state index is 3.48. The van der Waals surface area contributed by atoms with Crippen LogP contribution in [0.2, 0.25) is 0 Å². The van der Waals surface area contributed by atoms with E-state index in [0.717, 1.165) is 25.7 Å². The molecule has 0 aromatic carbocycles. The molecule has 0 amide bonds. The highest BCUT2D eigenvalue weighted by molar-refractivity contribution is 4.80. The Morgan fingerprint density at radius 2 is 1.92 bits per heavy atom. The summed E-state index contributed by atoms with van der Waals surface area (Å²) in [6.45, 7) is 4.57. The Morgan fingerprint density at radius 3 is 2.54 bits per heavy atom. The Morgan fingerprint density at radius 1 is 1.15 bits per heavy atom. The van der Waals surface area contributed by atoms with Crippen molar-refractivity contribution in [3.05, 3.63) is 0 Å². The lowest BCUT2D eigenvalue weighted by Gasteiger charge is -2.09. The van der Waals surface area contributed by atoms with Gasteiger partial charge < -0.3 is 15.5 Å². The molecule has 0 spiro atoms. The molecule has 0 radical (unpaired) electrons. The van der Waals surface area contributed by atoms with Gasteiger partial charge in [0.05, 0.1) is 0 Å². The van der Waals surface area contributed by atoms with Crippen molar-refractivity contribution in [2.75, 3.05) is 40.3 Å². The Bertz CT molecular complexity index is 115. The predicted octanol–water partition coefficient (Wildman–Crippen LogP) is 0.280. The van der Waals surface area contributed by atoms with Crippen molar-refractivity contribution in [3.63, 3.8) is 0 Å². The molecule has 1 fully saturated rings. The summed E-state index contributed by atoms with van der Waals surface area (Å²) in [7, 11) is 4.24. The first-order valence-electron chi connectivity index (χ1n) is 5.38. The standard InChI is InChI=1S/C10H23N3/c1-13(2)9-3-6-11-7-8-12-10-4-5-10/h10-12H,3-9H2,1-2H3. The van der Waals surface area contributed by atoms with Crippen molar-refractivity contribution < 1.29 is 0 Å². The average Bonchev–Trinajstić information content (AvgIpc) is 2.86. The van der Waals surface area contributed by atoms with E-state index in [-0.39, 0.29) is 0 Å². The normalized spacial score (nSPS) is 16.8. The van der Waals surface area contributed by atoms with Crippen LogP contribution >= 0.6 is 0 Å². The summed E-state index contributed by atoms with van der Waals surface area (Å²) in [4.78, 5) is 2.23. The number of rotatable bonds is 8. The first kappa shape index (κ1) is 11.0. The van der Waals surface area contributed by atoms with E-state index in [4.69, 9.17) is 0 Å². The number of hydrogen-bond donors (Lipinski definition) is 2. The molecule has 0 aromatic rings. The Labute approximate surface area is 81.9 Å². The van der Waals surface area contributed by atoms with Gasteiger partial charge in [-0.25, -0.2) is 0 Å². The largest absolute Gasteiger partial charge is 0.315 e. The monoisotopic (exact) mass is 185 g/mol. The molecule has 0 heterocycles. The fourth-order valence-electron chi connectivity index (χ4n) is 1.30. The van der Waals surface area contributed by atoms with Crippen LogP contribution in [0.4, 0.5) is 0 Å². The number of nitrogens with zero attached hydrogens (tertiary/aromatic N) is 1. The lowest BCUT2D eigenvalue weighted by molar-refractivity contribution is 0.394. The third-order valence-corrected chi connectivity index (χ3v) is 2.27. The summed E-state index contributed by atoms with van der Waals surface area (Å²) >= 11 is 0. The number of hydrogen-bond acceptors (Lipinski definition) is 3. The minimum Gasteiger partial charge on any atom is -0.315 e. The minimum absolute atomic E-state index is 0.851. The second kappa shape index (κ2) is 6.35. The molecule has 0 unspecified atom stereocenters. The van der Waals surface area contributed by atoms with Crippen LogP contribution < -0.4 is 10.6 Å². The Balaban J connectivity index is 1.68. The maximum Gasteiger partial charge on any atom is 0.00793 e. The molecule has 1 rings (SSSR count). The second-order valence-electron chi connectivity index (χ2n) is 4.14. The van der Waals surface area contributed by atoms with Gasteiger partial charge in [-0.2, -0.15) is 0 Å². The van der Waals surface area contributed by atoms with Crippen LogP contribution in [0.1, 0.15) is 19.3 Å². The van der Waals surface area contributed by atoms with Crippen LogP contribution in [0.15, 0.2) is 0 Å². The van der Waals surface area contributed by atoms with E-state index in [0.29, 0.717) is 0 Å². The molecule has 0 atom stereocenters. The van der Waals surface area contributed by atoms with Gasteiger partial charge in [0.25, 0.3) is 0 Å². The van der Waals surface area contributed by atoms with Crippen molar-refractivity contribution in [1.82, 2.24) is 15.5 Å². The van der Waals surface area contributed by atoms with E-state index >= 15 is 0 Å². The van der Waals surface area contributed by atoms with E-state index in [9.17, 15) is 0 Å². The van der Waals surface area contributed by atoms with Crippen LogP contribution in [0.25, 0.3) is 0 Å². The van der Waals surface area contributed by atoms with Crippen molar-refractivity contribution >= 4 is 0 Å². The van der Waals surface area contributed by atoms with Gasteiger partial charge in [0, 0.05) is 19.1 Å². The average molecular weight is 185 g/mol. The van der Waals surface area contributed by atoms with E-state index in [1.165, 1.54) is 25.8 Å². The molecule has 3 nitrogen and oxygen atoms in total. The van der Waals surface area contributed by atoms with Crippen LogP contribution in [-0.4, -0.2) is 51.2 Å². The molecule has 0 bridgehead atoms. The van der Waals surface area contributed by atoms with Gasteiger partial charge in [-0.3, -0.25) is 0 Å². The fraction of sp³-hybridized carbons (Fsp3) is 1.00. The SMILES string of the molecule is CN(C)CCCNCCNC1CC1. The van der Waals surface area contributed by atoms with Gasteiger partial charge in [0.15, 0.2) is 0 Å². The highest BCUT2D eigenvalue weighted by Gasteiger charge is 2.19. The molecule has 0 aromatic heterocycles. The molecule has 2 N–H and O–H groups in total. The van der Waals surface area contributed by atoms with Crippen molar-refractivity contribution in [3.8, 4) is 0 Å². The minimum atomic E-state index is 0.851. The highest BCUT2D eigenvalue weighted by atomic mass is 15.1. The Hall–Kier alpha value is -0.120. The Kier molecular flexibility index (Phi) is 5.35. The zero-order chi connectivity index (χ0) is 9.52. The van der Waals surface area contributed by atoms with Gasteiger partial charge in [0.1, 0.15) is 0 Å². The third-order valence-electron chi connectivity index (χ3n) is 2.27. The third kappa shape index (κ3) is 6.99. The topological polar surface area (TPSA) is 27.3 Å². The highest BCUT2D eigenvalue weighted by Crippen LogP contribution is 2.17. The lowest BCUT2D eigenvalue weighted by Crippen LogP contribution is -2.30. The second-order valence-corrected chi connectivity index (χ2v) is 4.14. The summed E-state index contributed by atoms with van der Waals surface area (Å²) in [6.07, 6.45) is 4.03. The molecule has 1 aliphatic carbocycles. The summed E-state index contributed by atoms with van der Waals surface area (Å²) in [5.41, 5.74) is 0. The predicted molar refractivity (Wildman–Crippen MR) is 57.1 cm³/mol. The molecule has 1 aliphatic rings. The fourth-order valence-corrected chi connectivity index (χ4v) is 1.30. The van der Waals surface area contributed by atoms with E-state index in [2.05, 4.69) is 29.6 Å². The summed E-state index contributed by atoms with van der Waals surface area (Å²) < 4.78 is 0. The summed E-state index contributed by atoms with van der Waals surface area (Å²) in [5, 5.41) is 6.92. The molecule has 78 valence electrons. The van der Waals surface area contributed by atoms with Crippen LogP contribution in [-0.2, 0) is 0 Å². The molecule has 3 heteroatoms. The first-order valence-corrected chi connectivity index (χ1v) is 5.38. The van der Waals surface area contributed by atoms with Gasteiger partial charge in [-0.1, -0.05) is 0 Å².